The molecule has 0 bridgehead atoms. The first-order valence-corrected chi connectivity index (χ1v) is 8.69. The number of aliphatic carboxylic acids is 1. The molecule has 5 nitrogen and oxygen atoms in total. The summed E-state index contributed by atoms with van der Waals surface area (Å²) in [6.45, 7) is 0. The van der Waals surface area contributed by atoms with Gasteiger partial charge in [0.05, 0.1) is 11.8 Å². The van der Waals surface area contributed by atoms with Crippen molar-refractivity contribution in [2.24, 2.45) is 5.16 Å². The van der Waals surface area contributed by atoms with Crippen molar-refractivity contribution >= 4 is 17.8 Å². The molecule has 0 aliphatic heterocycles. The van der Waals surface area contributed by atoms with E-state index in [0.717, 1.165) is 42.4 Å². The molecule has 1 aliphatic carbocycles. The van der Waals surface area contributed by atoms with Crippen molar-refractivity contribution in [3.63, 3.8) is 0 Å². The first kappa shape index (κ1) is 18.9. The fourth-order valence-electron chi connectivity index (χ4n) is 3.07. The van der Waals surface area contributed by atoms with Gasteiger partial charge in [-0.3, -0.25) is 4.79 Å². The number of unbranched alkanes of at least 4 members (excludes halogenated alkanes) is 3. The van der Waals surface area contributed by atoms with Crippen LogP contribution in [-0.4, -0.2) is 33.2 Å². The molecule has 1 aromatic rings. The Kier molecular flexibility index (Phi) is 7.41. The van der Waals surface area contributed by atoms with Gasteiger partial charge in [-0.25, -0.2) is 0 Å². The third-order valence-corrected chi connectivity index (χ3v) is 4.39. The summed E-state index contributed by atoms with van der Waals surface area (Å²) in [5.41, 5.74) is 3.30. The Morgan fingerprint density at radius 1 is 1.12 bits per heavy atom. The van der Waals surface area contributed by atoms with Crippen LogP contribution in [0.4, 0.5) is 0 Å². The highest BCUT2D eigenvalue weighted by atomic mass is 16.4. The molecule has 134 valence electrons. The zero-order chi connectivity index (χ0) is 18.1. The minimum absolute atomic E-state index is 0.204. The van der Waals surface area contributed by atoms with E-state index >= 15 is 0 Å². The predicted octanol–water partition coefficient (Wildman–Crippen LogP) is 4.02. The number of benzene rings is 1. The number of hydrogen-bond acceptors (Lipinski definition) is 4. The third-order valence-electron chi connectivity index (χ3n) is 4.39. The summed E-state index contributed by atoms with van der Waals surface area (Å²) >= 11 is 0. The summed E-state index contributed by atoms with van der Waals surface area (Å²) in [4.78, 5) is 10.5. The van der Waals surface area contributed by atoms with Crippen molar-refractivity contribution in [3.8, 4) is 0 Å². The van der Waals surface area contributed by atoms with Gasteiger partial charge in [-0.1, -0.05) is 60.5 Å². The number of hydrogen-bond donors (Lipinski definition) is 3. The number of rotatable bonds is 9. The number of carbonyl (C=O) groups is 1. The van der Waals surface area contributed by atoms with Crippen molar-refractivity contribution in [1.29, 1.82) is 0 Å². The average molecular weight is 343 g/mol. The molecule has 0 heterocycles. The summed E-state index contributed by atoms with van der Waals surface area (Å²) in [6, 6.07) is 9.84. The highest BCUT2D eigenvalue weighted by Gasteiger charge is 2.27. The molecule has 1 atom stereocenters. The smallest absolute Gasteiger partial charge is 0.303 e. The topological polar surface area (TPSA) is 90.1 Å². The lowest BCUT2D eigenvalue weighted by atomic mass is 10.0. The number of oxime groups is 1. The third kappa shape index (κ3) is 5.87. The first-order valence-electron chi connectivity index (χ1n) is 8.69. The molecule has 1 aliphatic rings. The Morgan fingerprint density at radius 3 is 2.52 bits per heavy atom. The number of nitrogens with zero attached hydrogens (tertiary/aromatic N) is 1. The van der Waals surface area contributed by atoms with Crippen molar-refractivity contribution in [2.75, 3.05) is 0 Å². The zero-order valence-electron chi connectivity index (χ0n) is 14.3. The van der Waals surface area contributed by atoms with E-state index in [1.165, 1.54) is 0 Å². The molecule has 2 rings (SSSR count). The lowest BCUT2D eigenvalue weighted by molar-refractivity contribution is -0.137. The van der Waals surface area contributed by atoms with Crippen molar-refractivity contribution in [1.82, 2.24) is 0 Å². The molecule has 1 aromatic carbocycles. The second kappa shape index (κ2) is 9.79. The SMILES string of the molecule is O=C(O)CCCCCCC1=C(C=Cc2ccccc2)C(O)CC1=NO. The summed E-state index contributed by atoms with van der Waals surface area (Å²) < 4.78 is 0. The zero-order valence-corrected chi connectivity index (χ0v) is 14.3. The molecule has 0 aromatic heterocycles. The van der Waals surface area contributed by atoms with Crippen LogP contribution in [0.3, 0.4) is 0 Å². The monoisotopic (exact) mass is 343 g/mol. The van der Waals surface area contributed by atoms with E-state index in [2.05, 4.69) is 5.16 Å². The van der Waals surface area contributed by atoms with Crippen LogP contribution >= 0.6 is 0 Å². The second-order valence-corrected chi connectivity index (χ2v) is 6.25. The Balaban J connectivity index is 1.99. The Hall–Kier alpha value is -2.40. The van der Waals surface area contributed by atoms with E-state index in [4.69, 9.17) is 5.11 Å². The van der Waals surface area contributed by atoms with E-state index in [-0.39, 0.29) is 6.42 Å². The molecular formula is C20H25NO4. The summed E-state index contributed by atoms with van der Waals surface area (Å²) in [7, 11) is 0. The molecule has 0 radical (unpaired) electrons. The van der Waals surface area contributed by atoms with Gasteiger partial charge < -0.3 is 15.4 Å². The van der Waals surface area contributed by atoms with Gasteiger partial charge in [0.2, 0.25) is 0 Å². The summed E-state index contributed by atoms with van der Waals surface area (Å²) in [5.74, 6) is -0.760. The van der Waals surface area contributed by atoms with Crippen LogP contribution in [-0.2, 0) is 4.79 Å². The molecule has 0 saturated heterocycles. The Labute approximate surface area is 148 Å². The maximum atomic E-state index is 10.5. The predicted molar refractivity (Wildman–Crippen MR) is 97.7 cm³/mol. The van der Waals surface area contributed by atoms with Crippen LogP contribution in [0, 0.1) is 0 Å². The van der Waals surface area contributed by atoms with Gasteiger partial charge in [0.1, 0.15) is 0 Å². The highest BCUT2D eigenvalue weighted by molar-refractivity contribution is 6.04. The molecule has 0 amide bonds. The van der Waals surface area contributed by atoms with Crippen LogP contribution in [0.25, 0.3) is 6.08 Å². The van der Waals surface area contributed by atoms with Gasteiger partial charge >= 0.3 is 5.97 Å². The molecule has 3 N–H and O–H groups in total. The fourth-order valence-corrected chi connectivity index (χ4v) is 3.07. The largest absolute Gasteiger partial charge is 0.481 e. The number of aliphatic hydroxyl groups excluding tert-OH is 1. The normalized spacial score (nSPS) is 19.2. The standard InChI is InChI=1S/C20H25NO4/c22-19-14-18(21-25)16(10-6-1-2-7-11-20(23)24)17(19)13-12-15-8-4-3-5-9-15/h3-5,8-9,12-13,19,22,25H,1-2,6-7,10-11,14H2,(H,23,24). The minimum Gasteiger partial charge on any atom is -0.481 e. The lowest BCUT2D eigenvalue weighted by Gasteiger charge is -2.06. The maximum Gasteiger partial charge on any atom is 0.303 e. The van der Waals surface area contributed by atoms with Gasteiger partial charge in [0.25, 0.3) is 0 Å². The summed E-state index contributed by atoms with van der Waals surface area (Å²) in [5, 5.41) is 31.5. The van der Waals surface area contributed by atoms with E-state index in [1.54, 1.807) is 0 Å². The Morgan fingerprint density at radius 2 is 1.84 bits per heavy atom. The number of carboxylic acids is 1. The van der Waals surface area contributed by atoms with Gasteiger partial charge in [0.15, 0.2) is 0 Å². The molecule has 0 spiro atoms. The molecular weight excluding hydrogens is 318 g/mol. The van der Waals surface area contributed by atoms with Crippen LogP contribution in [0.5, 0.6) is 0 Å². The van der Waals surface area contributed by atoms with Crippen LogP contribution in [0.2, 0.25) is 0 Å². The number of carboxylic acid groups (broad SMARTS) is 1. The minimum atomic E-state index is -0.760. The van der Waals surface area contributed by atoms with E-state index < -0.39 is 12.1 Å². The van der Waals surface area contributed by atoms with Crippen molar-refractivity contribution in [2.45, 2.75) is 51.0 Å². The van der Waals surface area contributed by atoms with E-state index in [9.17, 15) is 15.1 Å². The van der Waals surface area contributed by atoms with Crippen molar-refractivity contribution in [3.05, 3.63) is 53.1 Å². The van der Waals surface area contributed by atoms with Gasteiger partial charge in [-0.15, -0.1) is 0 Å². The van der Waals surface area contributed by atoms with E-state index in [1.807, 2.05) is 42.5 Å². The fraction of sp³-hybridized carbons (Fsp3) is 0.400. The molecule has 1 unspecified atom stereocenters. The maximum absolute atomic E-state index is 10.5. The number of allylic oxidation sites excluding steroid dienone is 1. The quantitative estimate of drug-likeness (QED) is 0.359. The van der Waals surface area contributed by atoms with Crippen LogP contribution in [0.15, 0.2) is 52.7 Å². The van der Waals surface area contributed by atoms with E-state index in [0.29, 0.717) is 18.6 Å². The van der Waals surface area contributed by atoms with Gasteiger partial charge in [-0.05, 0) is 36.0 Å². The Bertz CT molecular complexity index is 662. The molecule has 0 saturated carbocycles. The molecule has 25 heavy (non-hydrogen) atoms. The van der Waals surface area contributed by atoms with Gasteiger partial charge in [-0.2, -0.15) is 0 Å². The molecule has 0 fully saturated rings. The lowest BCUT2D eigenvalue weighted by Crippen LogP contribution is -2.04. The van der Waals surface area contributed by atoms with Crippen molar-refractivity contribution < 1.29 is 20.2 Å². The molecule has 5 heteroatoms. The number of aliphatic hydroxyl groups is 1. The summed E-state index contributed by atoms with van der Waals surface area (Å²) in [6.07, 6.45) is 7.80. The van der Waals surface area contributed by atoms with Crippen LogP contribution < -0.4 is 0 Å². The first-order chi connectivity index (χ1) is 12.1. The average Bonchev–Trinajstić information content (AvgIpc) is 2.91. The highest BCUT2D eigenvalue weighted by Crippen LogP contribution is 2.30. The second-order valence-electron chi connectivity index (χ2n) is 6.25. The van der Waals surface area contributed by atoms with Crippen LogP contribution in [0.1, 0.15) is 50.5 Å². The van der Waals surface area contributed by atoms with Gasteiger partial charge in [0, 0.05) is 12.8 Å².